The van der Waals surface area contributed by atoms with Crippen molar-refractivity contribution in [2.75, 3.05) is 69.7 Å². The van der Waals surface area contributed by atoms with Gasteiger partial charge in [-0.3, -0.25) is 14.6 Å². The van der Waals surface area contributed by atoms with Gasteiger partial charge in [0, 0.05) is 75.7 Å². The molecule has 4 aliphatic heterocycles. The first-order valence-corrected chi connectivity index (χ1v) is 17.1. The molecule has 0 spiro atoms. The Kier molecular flexibility index (Phi) is 9.42. The summed E-state index contributed by atoms with van der Waals surface area (Å²) in [5.41, 5.74) is 6.76. The molecule has 46 heavy (non-hydrogen) atoms. The van der Waals surface area contributed by atoms with Crippen LogP contribution >= 0.6 is 0 Å². The lowest BCUT2D eigenvalue weighted by Gasteiger charge is -2.52. The van der Waals surface area contributed by atoms with E-state index in [0.717, 1.165) is 97.4 Å². The van der Waals surface area contributed by atoms with Crippen LogP contribution in [0.25, 0.3) is 10.9 Å². The first kappa shape index (κ1) is 31.3. The average molecular weight is 637 g/mol. The third-order valence-electron chi connectivity index (χ3n) is 10.7. The van der Waals surface area contributed by atoms with Crippen molar-refractivity contribution in [1.29, 1.82) is 0 Å². The van der Waals surface area contributed by atoms with Crippen molar-refractivity contribution < 1.29 is 18.3 Å². The second kappa shape index (κ2) is 13.8. The smallest absolute Gasteiger partial charge is 0.261 e. The lowest BCUT2D eigenvalue weighted by Crippen LogP contribution is -2.64. The summed E-state index contributed by atoms with van der Waals surface area (Å²) in [5, 5.41) is -0.00808. The molecular formula is C35H46F2N6O3. The van der Waals surface area contributed by atoms with Crippen LogP contribution in [0.5, 0.6) is 5.75 Å². The zero-order valence-corrected chi connectivity index (χ0v) is 26.6. The molecule has 7 rings (SSSR count). The number of anilines is 2. The second-order valence-corrected chi connectivity index (χ2v) is 13.7. The highest BCUT2D eigenvalue weighted by Crippen LogP contribution is 2.31. The van der Waals surface area contributed by atoms with E-state index in [2.05, 4.69) is 24.7 Å². The Morgan fingerprint density at radius 1 is 0.891 bits per heavy atom. The second-order valence-electron chi connectivity index (χ2n) is 13.7. The number of aryl methyl sites for hydroxylation is 1. The number of likely N-dealkylation sites (tertiary alicyclic amines) is 2. The summed E-state index contributed by atoms with van der Waals surface area (Å²) in [5.74, 6) is 1.17. The molecule has 9 nitrogen and oxygen atoms in total. The molecule has 0 bridgehead atoms. The zero-order chi connectivity index (χ0) is 31.6. The maximum atomic E-state index is 15.0. The summed E-state index contributed by atoms with van der Waals surface area (Å²) in [4.78, 5) is 27.4. The molecule has 5 heterocycles. The predicted octanol–water partition coefficient (Wildman–Crippen LogP) is 4.59. The van der Waals surface area contributed by atoms with Crippen molar-refractivity contribution in [2.24, 2.45) is 11.8 Å². The van der Waals surface area contributed by atoms with Crippen molar-refractivity contribution in [1.82, 2.24) is 19.8 Å². The van der Waals surface area contributed by atoms with Gasteiger partial charge in [0.1, 0.15) is 28.6 Å². The molecule has 0 amide bonds. The lowest BCUT2D eigenvalue weighted by molar-refractivity contribution is -0.0181. The molecule has 0 saturated carbocycles. The molecule has 4 fully saturated rings. The van der Waals surface area contributed by atoms with Crippen LogP contribution in [-0.2, 0) is 11.2 Å². The van der Waals surface area contributed by atoms with Gasteiger partial charge in [0.05, 0.1) is 17.8 Å². The van der Waals surface area contributed by atoms with Crippen molar-refractivity contribution >= 4 is 22.3 Å². The first-order valence-electron chi connectivity index (χ1n) is 17.1. The molecular weight excluding hydrogens is 590 g/mol. The van der Waals surface area contributed by atoms with Crippen LogP contribution in [0.1, 0.15) is 50.8 Å². The number of piperidine rings is 2. The minimum absolute atomic E-state index is 0.00808. The number of benzene rings is 2. The summed E-state index contributed by atoms with van der Waals surface area (Å²) in [6.07, 6.45) is 7.83. The van der Waals surface area contributed by atoms with E-state index in [1.807, 2.05) is 0 Å². The van der Waals surface area contributed by atoms with E-state index >= 15 is 0 Å². The Bertz CT molecular complexity index is 1560. The third kappa shape index (κ3) is 7.01. The van der Waals surface area contributed by atoms with Crippen LogP contribution in [0.3, 0.4) is 0 Å². The Labute approximate surface area is 269 Å². The number of H-pyrrole nitrogens is 1. The molecule has 2 aromatic carbocycles. The number of halogens is 2. The molecule has 4 saturated heterocycles. The molecule has 11 heteroatoms. The van der Waals surface area contributed by atoms with E-state index in [-0.39, 0.29) is 11.2 Å². The number of hydrogen-bond donors (Lipinski definition) is 2. The van der Waals surface area contributed by atoms with Gasteiger partial charge in [-0.2, -0.15) is 0 Å². The van der Waals surface area contributed by atoms with Gasteiger partial charge in [0.25, 0.3) is 5.56 Å². The Balaban J connectivity index is 0.853. The zero-order valence-electron chi connectivity index (χ0n) is 26.6. The Morgan fingerprint density at radius 3 is 2.39 bits per heavy atom. The summed E-state index contributed by atoms with van der Waals surface area (Å²) >= 11 is 0. The molecule has 248 valence electrons. The fourth-order valence-corrected chi connectivity index (χ4v) is 7.79. The van der Waals surface area contributed by atoms with E-state index in [1.54, 1.807) is 18.2 Å². The highest BCUT2D eigenvalue weighted by atomic mass is 19.1. The van der Waals surface area contributed by atoms with Crippen LogP contribution in [0.15, 0.2) is 35.1 Å². The quantitative estimate of drug-likeness (QED) is 0.330. The average Bonchev–Trinajstić information content (AvgIpc) is 3.03. The Morgan fingerprint density at radius 2 is 1.65 bits per heavy atom. The molecule has 4 aliphatic rings. The minimum atomic E-state index is -0.593. The van der Waals surface area contributed by atoms with Gasteiger partial charge in [0.15, 0.2) is 0 Å². The monoisotopic (exact) mass is 636 g/mol. The van der Waals surface area contributed by atoms with Gasteiger partial charge in [0.2, 0.25) is 0 Å². The molecule has 3 aromatic rings. The maximum absolute atomic E-state index is 15.0. The van der Waals surface area contributed by atoms with Crippen LogP contribution in [0, 0.1) is 23.5 Å². The fourth-order valence-electron chi connectivity index (χ4n) is 7.79. The third-order valence-corrected chi connectivity index (χ3v) is 10.7. The summed E-state index contributed by atoms with van der Waals surface area (Å²) < 4.78 is 40.9. The highest BCUT2D eigenvalue weighted by molar-refractivity contribution is 5.79. The first-order chi connectivity index (χ1) is 22.4. The fraction of sp³-hybridized carbons (Fsp3) is 0.600. The Hall–Kier alpha value is -3.28. The summed E-state index contributed by atoms with van der Waals surface area (Å²) in [6.45, 7) is 8.11. The number of hydrogen-bond acceptors (Lipinski definition) is 8. The van der Waals surface area contributed by atoms with Gasteiger partial charge < -0.3 is 25.1 Å². The highest BCUT2D eigenvalue weighted by Gasteiger charge is 2.38. The van der Waals surface area contributed by atoms with Crippen molar-refractivity contribution in [3.63, 3.8) is 0 Å². The molecule has 0 unspecified atom stereocenters. The number of rotatable bonds is 9. The van der Waals surface area contributed by atoms with Gasteiger partial charge in [-0.25, -0.2) is 13.8 Å². The van der Waals surface area contributed by atoms with E-state index in [4.69, 9.17) is 15.2 Å². The normalized spacial score (nSPS) is 21.6. The van der Waals surface area contributed by atoms with Crippen LogP contribution in [0.4, 0.5) is 20.2 Å². The number of nitrogens with one attached hydrogen (secondary N) is 1. The van der Waals surface area contributed by atoms with Crippen molar-refractivity contribution in [2.45, 2.75) is 63.5 Å². The number of ether oxygens (including phenoxy) is 2. The topological polar surface area (TPSA) is 100.0 Å². The van der Waals surface area contributed by atoms with Gasteiger partial charge in [-0.05, 0) is 88.1 Å². The molecule has 0 atom stereocenters. The molecule has 3 N–H and O–H groups in total. The van der Waals surface area contributed by atoms with Gasteiger partial charge in [-0.1, -0.05) is 0 Å². The maximum Gasteiger partial charge on any atom is 0.261 e. The molecule has 1 aromatic heterocycles. The van der Waals surface area contributed by atoms with Crippen molar-refractivity contribution in [3.8, 4) is 5.75 Å². The van der Waals surface area contributed by atoms with E-state index in [1.165, 1.54) is 12.1 Å². The van der Waals surface area contributed by atoms with Crippen molar-refractivity contribution in [3.05, 3.63) is 58.1 Å². The van der Waals surface area contributed by atoms with Gasteiger partial charge in [-0.15, -0.1) is 0 Å². The number of fused-ring (bicyclic) bond motifs is 1. The van der Waals surface area contributed by atoms with Crippen LogP contribution in [0.2, 0.25) is 0 Å². The standard InChI is InChI=1S/C35H46F2N6O3/c36-29-17-25(38)2-3-32(29)42-13-7-26(8-14-42)43-20-27(21-43)41-11-5-24(6-12-41)22-46-28-18-30(37)34-31(19-28)39-33(40-35(34)44)4-1-23-9-15-45-16-10-23/h2-3,17-19,23-24,26-27H,1,4-16,20-22,38H2,(H,39,40,44). The predicted molar refractivity (Wildman–Crippen MR) is 175 cm³/mol. The van der Waals surface area contributed by atoms with Crippen LogP contribution < -0.4 is 20.9 Å². The minimum Gasteiger partial charge on any atom is -0.493 e. The van der Waals surface area contributed by atoms with E-state index in [0.29, 0.717) is 65.4 Å². The van der Waals surface area contributed by atoms with E-state index < -0.39 is 11.4 Å². The number of nitrogen functional groups attached to an aromatic ring is 1. The SMILES string of the molecule is Nc1ccc(N2CCC(N3CC(N4CCC(COc5cc(F)c6c(=O)[nH]c(CCC7CCOCC7)nc6c5)CC4)C3)CC2)c(F)c1. The number of aromatic nitrogens is 2. The number of aromatic amines is 1. The summed E-state index contributed by atoms with van der Waals surface area (Å²) in [7, 11) is 0. The van der Waals surface area contributed by atoms with Crippen LogP contribution in [-0.4, -0.2) is 90.9 Å². The summed E-state index contributed by atoms with van der Waals surface area (Å²) in [6, 6.07) is 9.15. The van der Waals surface area contributed by atoms with Gasteiger partial charge >= 0.3 is 0 Å². The number of nitrogens with zero attached hydrogens (tertiary/aromatic N) is 4. The molecule has 0 aliphatic carbocycles. The largest absolute Gasteiger partial charge is 0.493 e. The lowest BCUT2D eigenvalue weighted by atomic mass is 9.92. The molecule has 0 radical (unpaired) electrons. The van der Waals surface area contributed by atoms with E-state index in [9.17, 15) is 13.6 Å². The number of nitrogens with two attached hydrogens (primary N) is 1.